The Bertz CT molecular complexity index is 1580. The Balaban J connectivity index is 1.43. The van der Waals surface area contributed by atoms with E-state index >= 15 is 0 Å². The molecule has 2 N–H and O–H groups in total. The topological polar surface area (TPSA) is 78.9 Å². The van der Waals surface area contributed by atoms with E-state index in [1.807, 2.05) is 19.1 Å². The number of anilines is 1. The molecule has 2 aliphatic carbocycles. The van der Waals surface area contributed by atoms with Gasteiger partial charge in [-0.05, 0) is 123 Å². The number of fused-ring (bicyclic) bond motifs is 4. The SMILES string of the molecule is C=S1(=O)NC(=O)c2ccc3c(c2)N(C[C@@H]2CC[C@H]2[C@@H]([C@@H](O)C(F)(F)F)CCC[C@H](C)[C@H]1C)C[C@@]1(CCCc2cc(Cl)ccc21)CO3. The number of hydrogen-bond acceptors (Lipinski definition) is 5. The average molecular weight is 681 g/mol. The standard InChI is InChI=1S/C35H44ClF3N2O4S/c1-21-6-4-8-28(32(42)35(37,38)39)27-12-9-25(27)18-41-19-34(15-5-7-23-16-26(36)11-13-29(23)34)20-45-31-14-10-24(17-30(31)41)33(43)40-46(3,44)22(21)2/h10-11,13-14,16-17,21-22,25,27-28,32,42H,3-9,12,15,18-20H2,1-2H3,(H,40,43,44)/t21-,22+,25-,27+,28-,32+,34-,46?/m0/s1. The van der Waals surface area contributed by atoms with Gasteiger partial charge in [-0.2, -0.15) is 13.2 Å². The molecule has 0 radical (unpaired) electrons. The monoisotopic (exact) mass is 680 g/mol. The van der Waals surface area contributed by atoms with Crippen LogP contribution in [0.25, 0.3) is 0 Å². The molecule has 1 unspecified atom stereocenters. The number of rotatable bonds is 1. The van der Waals surface area contributed by atoms with Crippen molar-refractivity contribution in [3.63, 3.8) is 0 Å². The zero-order chi connectivity index (χ0) is 33.0. The molecule has 6 nitrogen and oxygen atoms in total. The molecule has 2 aromatic carbocycles. The first-order chi connectivity index (χ1) is 21.7. The second-order valence-corrected chi connectivity index (χ2v) is 17.0. The van der Waals surface area contributed by atoms with Gasteiger partial charge in [0, 0.05) is 34.3 Å². The number of nitrogens with zero attached hydrogens (tertiary/aromatic N) is 1. The maximum Gasteiger partial charge on any atom is 0.414 e. The number of alkyl halides is 3. The van der Waals surface area contributed by atoms with Gasteiger partial charge in [0.05, 0.1) is 22.0 Å². The van der Waals surface area contributed by atoms with Crippen molar-refractivity contribution < 1.29 is 32.0 Å². The fourth-order valence-corrected chi connectivity index (χ4v) is 10.1. The van der Waals surface area contributed by atoms with Gasteiger partial charge < -0.3 is 14.7 Å². The van der Waals surface area contributed by atoms with Crippen LogP contribution in [0.2, 0.25) is 5.02 Å². The largest absolute Gasteiger partial charge is 0.490 e. The van der Waals surface area contributed by atoms with E-state index in [0.29, 0.717) is 61.0 Å². The van der Waals surface area contributed by atoms with Crippen molar-refractivity contribution in [1.82, 2.24) is 4.72 Å². The van der Waals surface area contributed by atoms with Crippen LogP contribution in [0, 0.1) is 23.7 Å². The molecule has 1 saturated carbocycles. The lowest BCUT2D eigenvalue weighted by Crippen LogP contribution is -2.51. The van der Waals surface area contributed by atoms with Crippen LogP contribution in [0.4, 0.5) is 18.9 Å². The molecule has 6 rings (SSSR count). The lowest BCUT2D eigenvalue weighted by atomic mass is 9.63. The number of ether oxygens (including phenoxy) is 1. The summed E-state index contributed by atoms with van der Waals surface area (Å²) in [7, 11) is -3.08. The minimum atomic E-state index is -4.72. The second kappa shape index (κ2) is 12.5. The molecule has 2 heterocycles. The van der Waals surface area contributed by atoms with Crippen LogP contribution < -0.4 is 14.4 Å². The highest BCUT2D eigenvalue weighted by molar-refractivity contribution is 7.99. The molecule has 0 saturated heterocycles. The van der Waals surface area contributed by atoms with Gasteiger partial charge in [-0.1, -0.05) is 31.0 Å². The van der Waals surface area contributed by atoms with Gasteiger partial charge in [-0.15, -0.1) is 0 Å². The third-order valence-electron chi connectivity index (χ3n) is 11.4. The Morgan fingerprint density at radius 2 is 1.91 bits per heavy atom. The number of carbonyl (C=O) groups is 1. The summed E-state index contributed by atoms with van der Waals surface area (Å²) in [5.74, 6) is 2.52. The normalized spacial score (nSPS) is 34.3. The Morgan fingerprint density at radius 3 is 2.63 bits per heavy atom. The summed E-state index contributed by atoms with van der Waals surface area (Å²) < 4.78 is 65.0. The van der Waals surface area contributed by atoms with E-state index in [1.54, 1.807) is 25.1 Å². The van der Waals surface area contributed by atoms with Crippen molar-refractivity contribution in [3.8, 4) is 5.75 Å². The fraction of sp³-hybridized carbons (Fsp3) is 0.600. The number of carbonyl (C=O) groups excluding carboxylic acids is 1. The van der Waals surface area contributed by atoms with Gasteiger partial charge in [0.15, 0.2) is 6.10 Å². The van der Waals surface area contributed by atoms with Crippen LogP contribution >= 0.6 is 11.6 Å². The van der Waals surface area contributed by atoms with Crippen LogP contribution in [0.15, 0.2) is 36.4 Å². The van der Waals surface area contributed by atoms with E-state index in [9.17, 15) is 27.3 Å². The van der Waals surface area contributed by atoms with E-state index in [-0.39, 0.29) is 24.2 Å². The minimum absolute atomic E-state index is 0.0707. The van der Waals surface area contributed by atoms with Crippen molar-refractivity contribution in [3.05, 3.63) is 58.1 Å². The van der Waals surface area contributed by atoms with E-state index in [1.165, 1.54) is 5.56 Å². The second-order valence-electron chi connectivity index (χ2n) is 14.2. The van der Waals surface area contributed by atoms with Gasteiger partial charge in [-0.3, -0.25) is 9.52 Å². The molecule has 4 aliphatic rings. The van der Waals surface area contributed by atoms with Gasteiger partial charge in [0.1, 0.15) is 5.75 Å². The fourth-order valence-electron chi connectivity index (χ4n) is 8.37. The van der Waals surface area contributed by atoms with Crippen molar-refractivity contribution in [1.29, 1.82) is 0 Å². The van der Waals surface area contributed by atoms with E-state index in [2.05, 4.69) is 21.6 Å². The minimum Gasteiger partial charge on any atom is -0.490 e. The summed E-state index contributed by atoms with van der Waals surface area (Å²) in [6.45, 7) is 5.07. The maximum atomic E-state index is 14.1. The number of aliphatic hydroxyl groups is 1. The summed E-state index contributed by atoms with van der Waals surface area (Å²) in [5, 5.41) is 10.8. The first-order valence-electron chi connectivity index (χ1n) is 16.4. The van der Waals surface area contributed by atoms with Crippen molar-refractivity contribution in [2.45, 2.75) is 88.2 Å². The Morgan fingerprint density at radius 1 is 1.13 bits per heavy atom. The van der Waals surface area contributed by atoms with Crippen LogP contribution in [0.5, 0.6) is 5.75 Å². The van der Waals surface area contributed by atoms with Gasteiger partial charge in [0.2, 0.25) is 0 Å². The Kier molecular flexibility index (Phi) is 9.13. The van der Waals surface area contributed by atoms with Gasteiger partial charge in [0.25, 0.3) is 5.91 Å². The van der Waals surface area contributed by atoms with E-state index in [0.717, 1.165) is 31.2 Å². The van der Waals surface area contributed by atoms with Crippen LogP contribution in [0.1, 0.15) is 80.3 Å². The molecule has 2 aromatic rings. The van der Waals surface area contributed by atoms with Crippen LogP contribution in [-0.4, -0.2) is 58.3 Å². The molecule has 1 amide bonds. The molecule has 2 bridgehead atoms. The third kappa shape index (κ3) is 6.38. The molecule has 1 fully saturated rings. The predicted molar refractivity (Wildman–Crippen MR) is 177 cm³/mol. The van der Waals surface area contributed by atoms with Crippen molar-refractivity contribution >= 4 is 38.8 Å². The van der Waals surface area contributed by atoms with Crippen LogP contribution in [-0.2, 0) is 21.5 Å². The molecular formula is C35H44ClF3N2O4S. The molecule has 11 heteroatoms. The Labute approximate surface area is 275 Å². The van der Waals surface area contributed by atoms with Gasteiger partial charge >= 0.3 is 6.18 Å². The Hall–Kier alpha value is -2.43. The van der Waals surface area contributed by atoms with E-state index in [4.69, 9.17) is 16.3 Å². The van der Waals surface area contributed by atoms with Gasteiger partial charge in [-0.25, -0.2) is 4.21 Å². The molecule has 0 aromatic heterocycles. The first-order valence-corrected chi connectivity index (χ1v) is 18.6. The lowest BCUT2D eigenvalue weighted by molar-refractivity contribution is -0.231. The quantitative estimate of drug-likeness (QED) is 0.319. The summed E-state index contributed by atoms with van der Waals surface area (Å²) in [6.07, 6.45) is -1.87. The predicted octanol–water partition coefficient (Wildman–Crippen LogP) is 6.95. The van der Waals surface area contributed by atoms with E-state index < -0.39 is 44.5 Å². The number of hydrogen-bond donors (Lipinski definition) is 2. The number of nitrogens with one attached hydrogen (secondary N) is 1. The molecule has 46 heavy (non-hydrogen) atoms. The highest BCUT2D eigenvalue weighted by Gasteiger charge is 2.51. The highest BCUT2D eigenvalue weighted by atomic mass is 35.5. The third-order valence-corrected chi connectivity index (χ3v) is 13.8. The number of halogens is 4. The number of aliphatic hydroxyl groups excluding tert-OH is 1. The highest BCUT2D eigenvalue weighted by Crippen LogP contribution is 2.49. The summed E-state index contributed by atoms with van der Waals surface area (Å²) >= 11 is 6.38. The average Bonchev–Trinajstić information content (AvgIpc) is 3.13. The summed E-state index contributed by atoms with van der Waals surface area (Å²) in [4.78, 5) is 15.7. The smallest absolute Gasteiger partial charge is 0.414 e. The van der Waals surface area contributed by atoms with Crippen molar-refractivity contribution in [2.24, 2.45) is 23.7 Å². The summed E-state index contributed by atoms with van der Waals surface area (Å²) in [6, 6.07) is 11.1. The molecular weight excluding hydrogens is 637 g/mol. The maximum absolute atomic E-state index is 14.1. The number of amides is 1. The lowest BCUT2D eigenvalue weighted by Gasteiger charge is -2.48. The molecule has 2 aliphatic heterocycles. The number of benzene rings is 2. The summed E-state index contributed by atoms with van der Waals surface area (Å²) in [5.41, 5.74) is 2.95. The first kappa shape index (κ1) is 33.5. The van der Waals surface area contributed by atoms with Crippen molar-refractivity contribution in [2.75, 3.05) is 24.6 Å². The zero-order valence-electron chi connectivity index (χ0n) is 26.5. The number of aryl methyl sites for hydroxylation is 1. The molecule has 8 atom stereocenters. The molecule has 1 spiro atoms. The van der Waals surface area contributed by atoms with Crippen LogP contribution in [0.3, 0.4) is 0 Å². The molecule has 252 valence electrons. The zero-order valence-corrected chi connectivity index (χ0v) is 28.0.